The Hall–Kier alpha value is -2.66. The van der Waals surface area contributed by atoms with Crippen molar-refractivity contribution in [3.63, 3.8) is 0 Å². The SMILES string of the molecule is O=C(C1CN(S(=O)(=O)c2ccc(C(F)(F)F)nc2)C1)N1CCN(c2ccccc2)CC1. The molecule has 7 nitrogen and oxygen atoms in total. The third-order valence-electron chi connectivity index (χ3n) is 5.57. The zero-order valence-electron chi connectivity index (χ0n) is 16.5. The molecule has 0 N–H and O–H groups in total. The van der Waals surface area contributed by atoms with Crippen molar-refractivity contribution >= 4 is 21.6 Å². The Kier molecular flexibility index (Phi) is 5.65. The van der Waals surface area contributed by atoms with Crippen LogP contribution in [0.4, 0.5) is 18.9 Å². The van der Waals surface area contributed by atoms with Gasteiger partial charge in [-0.15, -0.1) is 0 Å². The molecule has 1 amide bonds. The summed E-state index contributed by atoms with van der Waals surface area (Å²) in [6.07, 6.45) is -3.93. The number of rotatable bonds is 4. The molecule has 1 aromatic heterocycles. The standard InChI is InChI=1S/C20H21F3N4O3S/c21-20(22,23)18-7-6-17(12-24-18)31(29,30)27-13-15(14-27)19(28)26-10-8-25(9-11-26)16-4-2-1-3-5-16/h1-7,12,15H,8-11,13-14H2. The van der Waals surface area contributed by atoms with Crippen molar-refractivity contribution in [2.45, 2.75) is 11.1 Å². The van der Waals surface area contributed by atoms with Crippen LogP contribution in [0.5, 0.6) is 0 Å². The summed E-state index contributed by atoms with van der Waals surface area (Å²) in [6.45, 7) is 2.53. The van der Waals surface area contributed by atoms with Crippen LogP contribution in [0.15, 0.2) is 53.6 Å². The normalized spacial score (nSPS) is 18.7. The van der Waals surface area contributed by atoms with E-state index in [1.807, 2.05) is 30.3 Å². The van der Waals surface area contributed by atoms with Gasteiger partial charge in [0.2, 0.25) is 15.9 Å². The molecule has 3 heterocycles. The van der Waals surface area contributed by atoms with Crippen molar-refractivity contribution in [1.82, 2.24) is 14.2 Å². The Bertz CT molecular complexity index is 1030. The second kappa shape index (κ2) is 8.12. The van der Waals surface area contributed by atoms with E-state index in [4.69, 9.17) is 0 Å². The summed E-state index contributed by atoms with van der Waals surface area (Å²) in [5.74, 6) is -0.537. The van der Waals surface area contributed by atoms with Crippen LogP contribution in [0.3, 0.4) is 0 Å². The molecule has 2 saturated heterocycles. The molecular formula is C20H21F3N4O3S. The lowest BCUT2D eigenvalue weighted by Crippen LogP contribution is -2.59. The lowest BCUT2D eigenvalue weighted by Gasteiger charge is -2.42. The molecule has 2 aliphatic heterocycles. The summed E-state index contributed by atoms with van der Waals surface area (Å²) in [5.41, 5.74) is -0.0570. The van der Waals surface area contributed by atoms with Gasteiger partial charge in [0.1, 0.15) is 10.6 Å². The number of hydrogen-bond donors (Lipinski definition) is 0. The summed E-state index contributed by atoms with van der Waals surface area (Å²) in [6, 6.07) is 11.4. The maximum absolute atomic E-state index is 12.7. The van der Waals surface area contributed by atoms with Gasteiger partial charge in [-0.1, -0.05) is 18.2 Å². The van der Waals surface area contributed by atoms with Crippen molar-refractivity contribution in [1.29, 1.82) is 0 Å². The number of carbonyl (C=O) groups is 1. The summed E-state index contributed by atoms with van der Waals surface area (Å²) < 4.78 is 64.1. The van der Waals surface area contributed by atoms with Gasteiger partial charge in [0.15, 0.2) is 0 Å². The molecule has 0 saturated carbocycles. The van der Waals surface area contributed by atoms with Crippen LogP contribution in [0.2, 0.25) is 0 Å². The molecule has 11 heteroatoms. The number of carbonyl (C=O) groups excluding carboxylic acids is 1. The quantitative estimate of drug-likeness (QED) is 0.707. The molecule has 31 heavy (non-hydrogen) atoms. The van der Waals surface area contributed by atoms with E-state index >= 15 is 0 Å². The van der Waals surface area contributed by atoms with Crippen molar-refractivity contribution in [3.8, 4) is 0 Å². The van der Waals surface area contributed by atoms with Crippen LogP contribution >= 0.6 is 0 Å². The van der Waals surface area contributed by atoms with Gasteiger partial charge in [-0.3, -0.25) is 9.78 Å². The fourth-order valence-electron chi connectivity index (χ4n) is 3.72. The highest BCUT2D eigenvalue weighted by Crippen LogP contribution is 2.30. The Balaban J connectivity index is 1.32. The summed E-state index contributed by atoms with van der Waals surface area (Å²) >= 11 is 0. The first-order valence-electron chi connectivity index (χ1n) is 9.78. The minimum absolute atomic E-state index is 0.0150. The van der Waals surface area contributed by atoms with Crippen LogP contribution in [0, 0.1) is 5.92 Å². The van der Waals surface area contributed by atoms with Gasteiger partial charge >= 0.3 is 6.18 Å². The van der Waals surface area contributed by atoms with Crippen molar-refractivity contribution in [2.24, 2.45) is 5.92 Å². The molecule has 0 radical (unpaired) electrons. The zero-order valence-corrected chi connectivity index (χ0v) is 17.3. The maximum Gasteiger partial charge on any atom is 0.433 e. The van der Waals surface area contributed by atoms with Gasteiger partial charge in [-0.25, -0.2) is 8.42 Å². The molecule has 0 spiro atoms. The second-order valence-corrected chi connectivity index (χ2v) is 9.48. The minimum atomic E-state index is -4.64. The number of anilines is 1. The number of benzene rings is 1. The zero-order chi connectivity index (χ0) is 22.2. The Morgan fingerprint density at radius 3 is 2.16 bits per heavy atom. The molecule has 4 rings (SSSR count). The molecule has 0 unspecified atom stereocenters. The first-order chi connectivity index (χ1) is 14.7. The highest BCUT2D eigenvalue weighted by Gasteiger charge is 2.43. The first kappa shape index (κ1) is 21.6. The molecular weight excluding hydrogens is 433 g/mol. The second-order valence-electron chi connectivity index (χ2n) is 7.54. The molecule has 0 aliphatic carbocycles. The van der Waals surface area contributed by atoms with Gasteiger partial charge in [0.25, 0.3) is 0 Å². The fraction of sp³-hybridized carbons (Fsp3) is 0.400. The van der Waals surface area contributed by atoms with Crippen LogP contribution in [-0.4, -0.2) is 67.8 Å². The third kappa shape index (κ3) is 4.38. The van der Waals surface area contributed by atoms with Crippen LogP contribution < -0.4 is 4.90 Å². The van der Waals surface area contributed by atoms with E-state index in [9.17, 15) is 26.4 Å². The highest BCUT2D eigenvalue weighted by atomic mass is 32.2. The van der Waals surface area contributed by atoms with Gasteiger partial charge in [-0.2, -0.15) is 17.5 Å². The molecule has 2 fully saturated rings. The number of hydrogen-bond acceptors (Lipinski definition) is 5. The number of nitrogens with zero attached hydrogens (tertiary/aromatic N) is 4. The molecule has 2 aliphatic rings. The van der Waals surface area contributed by atoms with Crippen molar-refractivity contribution in [2.75, 3.05) is 44.2 Å². The van der Waals surface area contributed by atoms with Crippen LogP contribution in [0.25, 0.3) is 0 Å². The van der Waals surface area contributed by atoms with E-state index in [0.717, 1.165) is 16.1 Å². The molecule has 1 aromatic carbocycles. The monoisotopic (exact) mass is 454 g/mol. The number of piperazine rings is 1. The predicted octanol–water partition coefficient (Wildman–Crippen LogP) is 2.07. The number of pyridine rings is 1. The Morgan fingerprint density at radius 2 is 1.61 bits per heavy atom. The molecule has 0 bridgehead atoms. The average molecular weight is 454 g/mol. The van der Waals surface area contributed by atoms with E-state index in [2.05, 4.69) is 9.88 Å². The molecule has 166 valence electrons. The minimum Gasteiger partial charge on any atom is -0.368 e. The highest BCUT2D eigenvalue weighted by molar-refractivity contribution is 7.89. The number of para-hydroxylation sites is 1. The maximum atomic E-state index is 12.7. The van der Waals surface area contributed by atoms with Gasteiger partial charge in [-0.05, 0) is 24.3 Å². The number of amides is 1. The molecule has 2 aromatic rings. The first-order valence-corrected chi connectivity index (χ1v) is 11.2. The van der Waals surface area contributed by atoms with Crippen molar-refractivity contribution < 1.29 is 26.4 Å². The topological polar surface area (TPSA) is 73.8 Å². The van der Waals surface area contributed by atoms with E-state index in [1.165, 1.54) is 0 Å². The van der Waals surface area contributed by atoms with Gasteiger partial charge in [0, 0.05) is 51.2 Å². The van der Waals surface area contributed by atoms with Crippen LogP contribution in [-0.2, 0) is 21.0 Å². The summed E-state index contributed by atoms with van der Waals surface area (Å²) in [5, 5.41) is 0. The lowest BCUT2D eigenvalue weighted by molar-refractivity contribution is -0.141. The summed E-state index contributed by atoms with van der Waals surface area (Å²) in [7, 11) is -3.98. The average Bonchev–Trinajstić information content (AvgIpc) is 2.72. The predicted molar refractivity (Wildman–Crippen MR) is 107 cm³/mol. The Morgan fingerprint density at radius 1 is 0.968 bits per heavy atom. The Labute approximate surface area is 178 Å². The van der Waals surface area contributed by atoms with Gasteiger partial charge in [0.05, 0.1) is 5.92 Å². The van der Waals surface area contributed by atoms with Crippen LogP contribution in [0.1, 0.15) is 5.69 Å². The molecule has 0 atom stereocenters. The van der Waals surface area contributed by atoms with E-state index in [1.54, 1.807) is 4.90 Å². The van der Waals surface area contributed by atoms with Crippen molar-refractivity contribution in [3.05, 3.63) is 54.4 Å². The number of sulfonamides is 1. The van der Waals surface area contributed by atoms with E-state index in [0.29, 0.717) is 38.4 Å². The van der Waals surface area contributed by atoms with E-state index in [-0.39, 0.29) is 23.9 Å². The number of alkyl halides is 3. The van der Waals surface area contributed by atoms with Gasteiger partial charge < -0.3 is 9.80 Å². The lowest BCUT2D eigenvalue weighted by atomic mass is 10.0. The number of aromatic nitrogens is 1. The third-order valence-corrected chi connectivity index (χ3v) is 7.39. The number of halogens is 3. The smallest absolute Gasteiger partial charge is 0.368 e. The summed E-state index contributed by atoms with van der Waals surface area (Å²) in [4.78, 5) is 19.6. The largest absolute Gasteiger partial charge is 0.433 e. The fourth-order valence-corrected chi connectivity index (χ4v) is 5.20. The van der Waals surface area contributed by atoms with E-state index < -0.39 is 27.8 Å².